The number of sulfone groups is 1. The van der Waals surface area contributed by atoms with Gasteiger partial charge in [0.25, 0.3) is 5.91 Å². The van der Waals surface area contributed by atoms with Crippen LogP contribution in [0.25, 0.3) is 0 Å². The van der Waals surface area contributed by atoms with Crippen LogP contribution in [0.3, 0.4) is 0 Å². The van der Waals surface area contributed by atoms with Crippen molar-refractivity contribution in [1.82, 2.24) is 0 Å². The van der Waals surface area contributed by atoms with Gasteiger partial charge in [0.05, 0.1) is 16.0 Å². The van der Waals surface area contributed by atoms with Gasteiger partial charge in [-0.2, -0.15) is 0 Å². The Labute approximate surface area is 181 Å². The van der Waals surface area contributed by atoms with Crippen LogP contribution in [0.4, 0.5) is 11.4 Å². The lowest BCUT2D eigenvalue weighted by Gasteiger charge is -2.30. The molecule has 1 aliphatic rings. The number of hydrogen-bond donors (Lipinski definition) is 1. The first-order valence-electron chi connectivity index (χ1n) is 9.42. The number of rotatable bonds is 5. The van der Waals surface area contributed by atoms with Crippen molar-refractivity contribution in [1.29, 1.82) is 0 Å². The number of amides is 2. The summed E-state index contributed by atoms with van der Waals surface area (Å²) in [5.74, 6) is -0.809. The van der Waals surface area contributed by atoms with Crippen molar-refractivity contribution < 1.29 is 27.1 Å². The number of fused-ring (bicyclic) bond motifs is 1. The number of carbonyl (C=O) groups excluding carboxylic acids is 2. The van der Waals surface area contributed by atoms with Gasteiger partial charge < -0.3 is 5.32 Å². The predicted molar refractivity (Wildman–Crippen MR) is 117 cm³/mol. The number of carbonyl (C=O) groups is 2. The first-order chi connectivity index (χ1) is 14.2. The third kappa shape index (κ3) is 3.95. The summed E-state index contributed by atoms with van der Waals surface area (Å²) < 4.78 is 46.9. The lowest BCUT2D eigenvalue weighted by molar-refractivity contribution is -0.122. The molecule has 164 valence electrons. The Morgan fingerprint density at radius 1 is 1.06 bits per heavy atom. The normalized spacial score (nSPS) is 15.5. The highest BCUT2D eigenvalue weighted by molar-refractivity contribution is 7.90. The zero-order chi connectivity index (χ0) is 23.4. The lowest BCUT2D eigenvalue weighted by atomic mass is 9.86. The van der Waals surface area contributed by atoms with Gasteiger partial charge in [-0.3, -0.25) is 14.5 Å². The summed E-state index contributed by atoms with van der Waals surface area (Å²) >= 11 is 0. The summed E-state index contributed by atoms with van der Waals surface area (Å²) in [5, 5.41) is 1.27. The molecule has 0 saturated heterocycles. The van der Waals surface area contributed by atoms with Gasteiger partial charge in [-0.15, -0.1) is 0 Å². The molecule has 2 aromatic rings. The Morgan fingerprint density at radius 2 is 1.65 bits per heavy atom. The molecular formula is C21H23N2O6PS. The van der Waals surface area contributed by atoms with E-state index in [1.165, 1.54) is 43.0 Å². The molecule has 1 N–H and O–H groups in total. The zero-order valence-electron chi connectivity index (χ0n) is 17.8. The largest absolute Gasteiger partial charge is 0.341 e. The van der Waals surface area contributed by atoms with Crippen molar-refractivity contribution in [2.75, 3.05) is 16.5 Å². The minimum Gasteiger partial charge on any atom is -0.322 e. The summed E-state index contributed by atoms with van der Waals surface area (Å²) in [4.78, 5) is 27.0. The summed E-state index contributed by atoms with van der Waals surface area (Å²) in [5.41, 5.74) is 0.803. The van der Waals surface area contributed by atoms with Crippen LogP contribution >= 0.6 is 7.68 Å². The first-order valence-corrected chi connectivity index (χ1v) is 12.5. The van der Waals surface area contributed by atoms with E-state index in [0.717, 1.165) is 6.26 Å². The fraction of sp³-hybridized carbons (Fsp3) is 0.333. The summed E-state index contributed by atoms with van der Waals surface area (Å²) in [6.45, 7) is 6.36. The second kappa shape index (κ2) is 7.43. The molecule has 0 unspecified atom stereocenters. The Morgan fingerprint density at radius 3 is 2.16 bits per heavy atom. The fourth-order valence-corrected chi connectivity index (χ4v) is 4.50. The molecule has 0 aromatic heterocycles. The van der Waals surface area contributed by atoms with Gasteiger partial charge in [-0.25, -0.2) is 17.5 Å². The summed E-state index contributed by atoms with van der Waals surface area (Å²) in [7, 11) is -6.33. The van der Waals surface area contributed by atoms with E-state index >= 15 is 0 Å². The Kier molecular flexibility index (Phi) is 5.49. The van der Waals surface area contributed by atoms with E-state index in [-0.39, 0.29) is 16.4 Å². The van der Waals surface area contributed by atoms with E-state index in [4.69, 9.17) is 0 Å². The van der Waals surface area contributed by atoms with Crippen LogP contribution in [-0.2, 0) is 29.2 Å². The molecule has 1 heterocycles. The van der Waals surface area contributed by atoms with Crippen LogP contribution in [-0.4, -0.2) is 31.8 Å². The van der Waals surface area contributed by atoms with E-state index in [2.05, 4.69) is 5.32 Å². The minimum absolute atomic E-state index is 0.104. The number of nitrogens with one attached hydrogen (secondary N) is 1. The Hall–Kier alpha value is -2.77. The highest BCUT2D eigenvalue weighted by Crippen LogP contribution is 2.49. The van der Waals surface area contributed by atoms with Crippen LogP contribution < -0.4 is 10.2 Å². The van der Waals surface area contributed by atoms with E-state index in [1.807, 2.05) is 0 Å². The highest BCUT2D eigenvalue weighted by Gasteiger charge is 2.51. The quantitative estimate of drug-likeness (QED) is 0.674. The molecule has 0 radical (unpaired) electrons. The third-order valence-electron chi connectivity index (χ3n) is 5.45. The predicted octanol–water partition coefficient (Wildman–Crippen LogP) is 3.88. The molecule has 0 fully saturated rings. The molecular weight excluding hydrogens is 439 g/mol. The molecule has 0 bridgehead atoms. The van der Waals surface area contributed by atoms with E-state index < -0.39 is 34.1 Å². The molecule has 1 aliphatic heterocycles. The number of anilines is 2. The molecule has 31 heavy (non-hydrogen) atoms. The topological polar surface area (TPSA) is 118 Å². The summed E-state index contributed by atoms with van der Waals surface area (Å²) in [6.07, 6.45) is 1.08. The van der Waals surface area contributed by atoms with Crippen molar-refractivity contribution in [3.63, 3.8) is 0 Å². The molecule has 0 saturated carbocycles. The Bertz CT molecular complexity index is 1250. The van der Waals surface area contributed by atoms with Crippen molar-refractivity contribution in [2.24, 2.45) is 0 Å². The van der Waals surface area contributed by atoms with Gasteiger partial charge >= 0.3 is 7.68 Å². The molecule has 0 atom stereocenters. The number of hydrogen-bond acceptors (Lipinski definition) is 6. The first kappa shape index (κ1) is 22.9. The third-order valence-corrected chi connectivity index (χ3v) is 7.67. The average Bonchev–Trinajstić information content (AvgIpc) is 2.87. The van der Waals surface area contributed by atoms with Gasteiger partial charge in [0.2, 0.25) is 5.91 Å². The molecule has 0 spiro atoms. The maximum Gasteiger partial charge on any atom is 0.341 e. The highest BCUT2D eigenvalue weighted by atomic mass is 32.2. The monoisotopic (exact) mass is 462 g/mol. The van der Waals surface area contributed by atoms with Crippen LogP contribution in [0.15, 0.2) is 47.4 Å². The van der Waals surface area contributed by atoms with Crippen molar-refractivity contribution in [3.05, 3.63) is 53.6 Å². The molecule has 3 rings (SSSR count). The average molecular weight is 462 g/mol. The van der Waals surface area contributed by atoms with Gasteiger partial charge in [0.1, 0.15) is 0 Å². The SMILES string of the molecule is CC1(C)C(=O)N(C(C)(C)P(=O)=O)c2cc(NC(=O)c3ccc(S(C)(=O)=O)cc3)ccc21. The minimum atomic E-state index is -3.37. The smallest absolute Gasteiger partial charge is 0.322 e. The zero-order valence-corrected chi connectivity index (χ0v) is 19.5. The van der Waals surface area contributed by atoms with Crippen LogP contribution in [0, 0.1) is 0 Å². The molecule has 2 aromatic carbocycles. The van der Waals surface area contributed by atoms with E-state index in [0.29, 0.717) is 16.9 Å². The van der Waals surface area contributed by atoms with Crippen molar-refractivity contribution in [3.8, 4) is 0 Å². The summed E-state index contributed by atoms with van der Waals surface area (Å²) in [6, 6.07) is 10.4. The maximum atomic E-state index is 13.0. The van der Waals surface area contributed by atoms with Crippen LogP contribution in [0.1, 0.15) is 43.6 Å². The molecule has 8 nitrogen and oxygen atoms in total. The van der Waals surface area contributed by atoms with Gasteiger partial charge in [-0.05, 0) is 69.7 Å². The standard InChI is InChI=1S/C21H23N2O6PS/c1-20(2)16-11-8-14(12-17(16)23(19(20)25)21(3,4)30(26)27)22-18(24)13-6-9-15(10-7-13)31(5,28)29/h6-12H,1-5H3,(H,22,24). The van der Waals surface area contributed by atoms with Gasteiger partial charge in [0.15, 0.2) is 15.1 Å². The van der Waals surface area contributed by atoms with Crippen molar-refractivity contribution in [2.45, 2.75) is 43.3 Å². The van der Waals surface area contributed by atoms with Crippen molar-refractivity contribution >= 4 is 40.7 Å². The van der Waals surface area contributed by atoms with E-state index in [1.54, 1.807) is 32.0 Å². The van der Waals surface area contributed by atoms with Crippen LogP contribution in [0.2, 0.25) is 0 Å². The maximum absolute atomic E-state index is 13.0. The van der Waals surface area contributed by atoms with E-state index in [9.17, 15) is 27.1 Å². The Balaban J connectivity index is 1.97. The number of nitrogens with zero attached hydrogens (tertiary/aromatic N) is 1. The van der Waals surface area contributed by atoms with Crippen LogP contribution in [0.5, 0.6) is 0 Å². The molecule has 0 aliphatic carbocycles. The van der Waals surface area contributed by atoms with Gasteiger partial charge in [0, 0.05) is 17.5 Å². The second-order valence-corrected chi connectivity index (χ2v) is 12.1. The number of benzene rings is 2. The molecule has 2 amide bonds. The second-order valence-electron chi connectivity index (χ2n) is 8.50. The fourth-order valence-electron chi connectivity index (χ4n) is 3.51. The van der Waals surface area contributed by atoms with Gasteiger partial charge in [-0.1, -0.05) is 6.07 Å². The lowest BCUT2D eigenvalue weighted by Crippen LogP contribution is -2.46. The molecule has 10 heteroatoms.